The van der Waals surface area contributed by atoms with Gasteiger partial charge in [0.15, 0.2) is 5.65 Å². The van der Waals surface area contributed by atoms with Gasteiger partial charge in [-0.1, -0.05) is 19.9 Å². The zero-order valence-corrected chi connectivity index (χ0v) is 12.6. The number of hydrogen-bond donors (Lipinski definition) is 1. The van der Waals surface area contributed by atoms with Crippen molar-refractivity contribution in [2.45, 2.75) is 33.6 Å². The van der Waals surface area contributed by atoms with Crippen LogP contribution in [0.4, 0.5) is 0 Å². The molecular formula is C16H18N4O. The summed E-state index contributed by atoms with van der Waals surface area (Å²) in [6, 6.07) is 3.85. The van der Waals surface area contributed by atoms with E-state index in [2.05, 4.69) is 15.1 Å². The molecular weight excluding hydrogens is 264 g/mol. The molecule has 0 atom stereocenters. The van der Waals surface area contributed by atoms with Gasteiger partial charge in [0.2, 0.25) is 0 Å². The van der Waals surface area contributed by atoms with Gasteiger partial charge in [0.05, 0.1) is 0 Å². The van der Waals surface area contributed by atoms with Crippen LogP contribution in [0.2, 0.25) is 0 Å². The second-order valence-electron chi connectivity index (χ2n) is 5.58. The minimum Gasteiger partial charge on any atom is -0.293 e. The van der Waals surface area contributed by atoms with E-state index in [1.807, 2.05) is 39.8 Å². The molecule has 0 aliphatic heterocycles. The van der Waals surface area contributed by atoms with Crippen molar-refractivity contribution in [3.05, 3.63) is 51.8 Å². The molecule has 3 heterocycles. The van der Waals surface area contributed by atoms with Crippen LogP contribution in [0.15, 0.2) is 29.3 Å². The lowest BCUT2D eigenvalue weighted by Gasteiger charge is -2.08. The zero-order valence-electron chi connectivity index (χ0n) is 12.6. The van der Waals surface area contributed by atoms with Crippen LogP contribution in [-0.2, 0) is 0 Å². The molecule has 0 saturated heterocycles. The summed E-state index contributed by atoms with van der Waals surface area (Å²) in [7, 11) is 0. The summed E-state index contributed by atoms with van der Waals surface area (Å²) < 4.78 is 1.54. The fourth-order valence-electron chi connectivity index (χ4n) is 2.82. The Balaban J connectivity index is 2.40. The van der Waals surface area contributed by atoms with Crippen molar-refractivity contribution in [2.75, 3.05) is 0 Å². The fourth-order valence-corrected chi connectivity index (χ4v) is 2.82. The number of nitrogens with zero attached hydrogens (tertiary/aromatic N) is 3. The van der Waals surface area contributed by atoms with Crippen molar-refractivity contribution < 1.29 is 0 Å². The molecule has 5 nitrogen and oxygen atoms in total. The Hall–Kier alpha value is -2.43. The highest BCUT2D eigenvalue weighted by Gasteiger charge is 2.18. The summed E-state index contributed by atoms with van der Waals surface area (Å²) >= 11 is 0. The molecule has 0 radical (unpaired) electrons. The first-order valence-electron chi connectivity index (χ1n) is 7.03. The second kappa shape index (κ2) is 4.84. The molecule has 1 N–H and O–H groups in total. The maximum atomic E-state index is 12.7. The van der Waals surface area contributed by atoms with Gasteiger partial charge >= 0.3 is 0 Å². The lowest BCUT2D eigenvalue weighted by Crippen LogP contribution is -2.22. The van der Waals surface area contributed by atoms with Gasteiger partial charge in [-0.25, -0.2) is 9.50 Å². The third kappa shape index (κ3) is 2.05. The largest absolute Gasteiger partial charge is 0.293 e. The molecule has 21 heavy (non-hydrogen) atoms. The van der Waals surface area contributed by atoms with E-state index >= 15 is 0 Å². The first-order chi connectivity index (χ1) is 10.0. The van der Waals surface area contributed by atoms with Crippen LogP contribution in [0, 0.1) is 13.8 Å². The lowest BCUT2D eigenvalue weighted by atomic mass is 10.0. The van der Waals surface area contributed by atoms with Crippen molar-refractivity contribution in [3.8, 4) is 11.1 Å². The molecule has 5 heteroatoms. The Morgan fingerprint density at radius 2 is 2.05 bits per heavy atom. The van der Waals surface area contributed by atoms with E-state index in [1.165, 1.54) is 0 Å². The molecule has 3 rings (SSSR count). The van der Waals surface area contributed by atoms with Crippen molar-refractivity contribution in [2.24, 2.45) is 0 Å². The standard InChI is InChI=1S/C16H18N4O/c1-9(2)13-10(3)18-15-14(12-6-5-7-17-8-12)11(4)19-20(15)16(13)21/h5-9,19H,1-4H3. The third-order valence-corrected chi connectivity index (χ3v) is 3.71. The number of pyridine rings is 1. The molecule has 0 fully saturated rings. The van der Waals surface area contributed by atoms with E-state index in [9.17, 15) is 4.79 Å². The van der Waals surface area contributed by atoms with Gasteiger partial charge in [0, 0.05) is 40.5 Å². The van der Waals surface area contributed by atoms with Crippen LogP contribution in [0.1, 0.15) is 36.7 Å². The Morgan fingerprint density at radius 1 is 1.29 bits per heavy atom. The molecule has 0 aromatic carbocycles. The third-order valence-electron chi connectivity index (χ3n) is 3.71. The molecule has 0 aliphatic carbocycles. The minimum absolute atomic E-state index is 0.0225. The summed E-state index contributed by atoms with van der Waals surface area (Å²) in [5.41, 5.74) is 4.98. The minimum atomic E-state index is -0.0225. The molecule has 108 valence electrons. The Bertz CT molecular complexity index is 859. The lowest BCUT2D eigenvalue weighted by molar-refractivity contribution is 0.776. The van der Waals surface area contributed by atoms with E-state index in [0.717, 1.165) is 28.1 Å². The number of nitrogens with one attached hydrogen (secondary N) is 1. The summed E-state index contributed by atoms with van der Waals surface area (Å²) in [4.78, 5) is 21.5. The molecule has 0 amide bonds. The van der Waals surface area contributed by atoms with E-state index in [0.29, 0.717) is 5.65 Å². The van der Waals surface area contributed by atoms with Gasteiger partial charge < -0.3 is 0 Å². The maximum absolute atomic E-state index is 12.7. The maximum Gasteiger partial charge on any atom is 0.276 e. The van der Waals surface area contributed by atoms with Crippen molar-refractivity contribution >= 4 is 5.65 Å². The normalized spacial score (nSPS) is 11.5. The zero-order chi connectivity index (χ0) is 15.1. The average molecular weight is 282 g/mol. The highest BCUT2D eigenvalue weighted by atomic mass is 16.1. The van der Waals surface area contributed by atoms with E-state index in [4.69, 9.17) is 0 Å². The number of aromatic nitrogens is 4. The van der Waals surface area contributed by atoms with Crippen LogP contribution in [-0.4, -0.2) is 19.6 Å². The number of H-pyrrole nitrogens is 1. The van der Waals surface area contributed by atoms with Gasteiger partial charge in [-0.05, 0) is 25.8 Å². The second-order valence-corrected chi connectivity index (χ2v) is 5.58. The van der Waals surface area contributed by atoms with Crippen molar-refractivity contribution in [1.29, 1.82) is 0 Å². The monoisotopic (exact) mass is 282 g/mol. The van der Waals surface area contributed by atoms with Gasteiger partial charge in [-0.3, -0.25) is 14.9 Å². The van der Waals surface area contributed by atoms with Gasteiger partial charge in [0.25, 0.3) is 5.56 Å². The molecule has 0 unspecified atom stereocenters. The average Bonchev–Trinajstić information content (AvgIpc) is 2.76. The van der Waals surface area contributed by atoms with Gasteiger partial charge in [-0.2, -0.15) is 0 Å². The van der Waals surface area contributed by atoms with Gasteiger partial charge in [-0.15, -0.1) is 0 Å². The molecule has 0 spiro atoms. The predicted molar refractivity (Wildman–Crippen MR) is 82.6 cm³/mol. The Labute approximate surface area is 122 Å². The van der Waals surface area contributed by atoms with E-state index < -0.39 is 0 Å². The SMILES string of the molecule is Cc1nc2c(-c3cccnc3)c(C)[nH]n2c(=O)c1C(C)C. The van der Waals surface area contributed by atoms with Crippen LogP contribution in [0.25, 0.3) is 16.8 Å². The van der Waals surface area contributed by atoms with E-state index in [-0.39, 0.29) is 11.5 Å². The molecule has 0 aliphatic rings. The highest BCUT2D eigenvalue weighted by molar-refractivity contribution is 5.79. The Morgan fingerprint density at radius 3 is 2.67 bits per heavy atom. The number of hydrogen-bond acceptors (Lipinski definition) is 3. The predicted octanol–water partition coefficient (Wildman–Crippen LogP) is 2.82. The van der Waals surface area contributed by atoms with Crippen LogP contribution < -0.4 is 5.56 Å². The smallest absolute Gasteiger partial charge is 0.276 e. The van der Waals surface area contributed by atoms with Crippen molar-refractivity contribution in [1.82, 2.24) is 19.6 Å². The summed E-state index contributed by atoms with van der Waals surface area (Å²) in [6.45, 7) is 7.86. The highest BCUT2D eigenvalue weighted by Crippen LogP contribution is 2.26. The first-order valence-corrected chi connectivity index (χ1v) is 7.03. The number of aryl methyl sites for hydroxylation is 2. The molecule has 0 bridgehead atoms. The number of fused-ring (bicyclic) bond motifs is 1. The van der Waals surface area contributed by atoms with Gasteiger partial charge in [0.1, 0.15) is 0 Å². The van der Waals surface area contributed by atoms with Crippen LogP contribution in [0.3, 0.4) is 0 Å². The molecule has 3 aromatic heterocycles. The first kappa shape index (κ1) is 13.5. The summed E-state index contributed by atoms with van der Waals surface area (Å²) in [5.74, 6) is 0.146. The Kier molecular flexibility index (Phi) is 3.12. The topological polar surface area (TPSA) is 63.1 Å². The number of aromatic amines is 1. The fraction of sp³-hybridized carbons (Fsp3) is 0.312. The van der Waals surface area contributed by atoms with Crippen LogP contribution in [0.5, 0.6) is 0 Å². The molecule has 0 saturated carbocycles. The number of rotatable bonds is 2. The van der Waals surface area contributed by atoms with Crippen molar-refractivity contribution in [3.63, 3.8) is 0 Å². The quantitative estimate of drug-likeness (QED) is 0.786. The van der Waals surface area contributed by atoms with E-state index in [1.54, 1.807) is 16.9 Å². The summed E-state index contributed by atoms with van der Waals surface area (Å²) in [6.07, 6.45) is 3.52. The summed E-state index contributed by atoms with van der Waals surface area (Å²) in [5, 5.41) is 3.13. The molecule has 3 aromatic rings. The van der Waals surface area contributed by atoms with Crippen LogP contribution >= 0.6 is 0 Å².